The molecule has 8 nitrogen and oxygen atoms in total. The molecule has 2 heterocycles. The molecule has 0 aromatic heterocycles. The Hall–Kier alpha value is -2.30. The van der Waals surface area contributed by atoms with Gasteiger partial charge in [-0.2, -0.15) is 4.31 Å². The van der Waals surface area contributed by atoms with Gasteiger partial charge in [0, 0.05) is 31.9 Å². The van der Waals surface area contributed by atoms with Gasteiger partial charge in [-0.3, -0.25) is 9.69 Å². The standard InChI is InChI=1S/C25H34N4O4S/c1-20(26-18-21-6-2-3-7-22(21)19-28-12-4-5-13-28)25(30)27-23-8-10-24(11-9-23)34(31,32)29-14-16-33-17-15-29/h2-3,6-11,20,26H,4-5,12-19H2,1H3,(H,27,30). The quantitative estimate of drug-likeness (QED) is 0.566. The van der Waals surface area contributed by atoms with Gasteiger partial charge in [-0.15, -0.1) is 0 Å². The Morgan fingerprint density at radius 1 is 0.971 bits per heavy atom. The molecule has 0 aliphatic carbocycles. The highest BCUT2D eigenvalue weighted by molar-refractivity contribution is 7.89. The topological polar surface area (TPSA) is 91.0 Å². The predicted molar refractivity (Wildman–Crippen MR) is 132 cm³/mol. The maximum absolute atomic E-state index is 12.8. The van der Waals surface area contributed by atoms with E-state index in [1.54, 1.807) is 12.1 Å². The Balaban J connectivity index is 1.31. The molecule has 0 spiro atoms. The van der Waals surface area contributed by atoms with Crippen LogP contribution in [0.4, 0.5) is 5.69 Å². The lowest BCUT2D eigenvalue weighted by Crippen LogP contribution is -2.40. The van der Waals surface area contributed by atoms with Crippen LogP contribution in [0.2, 0.25) is 0 Å². The molecule has 1 atom stereocenters. The summed E-state index contributed by atoms with van der Waals surface area (Å²) in [4.78, 5) is 15.4. The zero-order valence-corrected chi connectivity index (χ0v) is 20.5. The van der Waals surface area contributed by atoms with Crippen LogP contribution in [0.1, 0.15) is 30.9 Å². The maximum Gasteiger partial charge on any atom is 0.243 e. The van der Waals surface area contributed by atoms with Gasteiger partial charge in [0.1, 0.15) is 0 Å². The fraction of sp³-hybridized carbons (Fsp3) is 0.480. The highest BCUT2D eigenvalue weighted by Crippen LogP contribution is 2.20. The SMILES string of the molecule is CC(NCc1ccccc1CN1CCCC1)C(=O)Nc1ccc(S(=O)(=O)N2CCOCC2)cc1. The Kier molecular flexibility index (Phi) is 8.33. The molecule has 0 bridgehead atoms. The van der Waals surface area contributed by atoms with Crippen molar-refractivity contribution in [2.45, 2.75) is 43.8 Å². The van der Waals surface area contributed by atoms with Gasteiger partial charge >= 0.3 is 0 Å². The number of nitrogens with zero attached hydrogens (tertiary/aromatic N) is 2. The average molecular weight is 487 g/mol. The molecule has 0 radical (unpaired) electrons. The Morgan fingerprint density at radius 3 is 2.29 bits per heavy atom. The van der Waals surface area contributed by atoms with Crippen molar-refractivity contribution in [2.24, 2.45) is 0 Å². The second kappa shape index (κ2) is 11.4. The zero-order chi connectivity index (χ0) is 24.0. The van der Waals surface area contributed by atoms with Crippen LogP contribution in [0, 0.1) is 0 Å². The lowest BCUT2D eigenvalue weighted by atomic mass is 10.1. The molecule has 9 heteroatoms. The molecule has 4 rings (SSSR count). The number of hydrogen-bond acceptors (Lipinski definition) is 6. The van der Waals surface area contributed by atoms with Crippen molar-refractivity contribution in [1.29, 1.82) is 0 Å². The van der Waals surface area contributed by atoms with Crippen molar-refractivity contribution in [3.05, 3.63) is 59.7 Å². The average Bonchev–Trinajstić information content (AvgIpc) is 3.37. The summed E-state index contributed by atoms with van der Waals surface area (Å²) in [6.45, 7) is 7.18. The van der Waals surface area contributed by atoms with Gasteiger partial charge in [-0.1, -0.05) is 24.3 Å². The van der Waals surface area contributed by atoms with Crippen LogP contribution in [-0.2, 0) is 32.6 Å². The van der Waals surface area contributed by atoms with E-state index in [0.717, 1.165) is 19.6 Å². The van der Waals surface area contributed by atoms with Gasteiger partial charge in [0.2, 0.25) is 15.9 Å². The normalized spacial score (nSPS) is 18.6. The molecule has 2 N–H and O–H groups in total. The van der Waals surface area contributed by atoms with E-state index < -0.39 is 16.1 Å². The lowest BCUT2D eigenvalue weighted by Gasteiger charge is -2.26. The van der Waals surface area contributed by atoms with Crippen molar-refractivity contribution in [3.8, 4) is 0 Å². The summed E-state index contributed by atoms with van der Waals surface area (Å²) in [5.41, 5.74) is 3.06. The number of morpholine rings is 1. The van der Waals surface area contributed by atoms with Gasteiger partial charge in [-0.25, -0.2) is 8.42 Å². The maximum atomic E-state index is 12.8. The molecule has 2 aliphatic heterocycles. The van der Waals surface area contributed by atoms with E-state index >= 15 is 0 Å². The van der Waals surface area contributed by atoms with E-state index in [9.17, 15) is 13.2 Å². The first-order valence-corrected chi connectivity index (χ1v) is 13.4. The number of likely N-dealkylation sites (tertiary alicyclic amines) is 1. The van der Waals surface area contributed by atoms with E-state index in [1.165, 1.54) is 40.4 Å². The van der Waals surface area contributed by atoms with Crippen molar-refractivity contribution < 1.29 is 17.9 Å². The first-order chi connectivity index (χ1) is 16.4. The Labute approximate surface area is 202 Å². The second-order valence-electron chi connectivity index (χ2n) is 8.88. The smallest absolute Gasteiger partial charge is 0.243 e. The van der Waals surface area contributed by atoms with Gasteiger partial charge in [0.15, 0.2) is 0 Å². The fourth-order valence-electron chi connectivity index (χ4n) is 4.32. The molecule has 0 saturated carbocycles. The number of hydrogen-bond donors (Lipinski definition) is 2. The summed E-state index contributed by atoms with van der Waals surface area (Å²) >= 11 is 0. The van der Waals surface area contributed by atoms with Crippen molar-refractivity contribution >= 4 is 21.6 Å². The summed E-state index contributed by atoms with van der Waals surface area (Å²) < 4.78 is 32.2. The Bertz CT molecular complexity index is 1060. The molecule has 184 valence electrons. The highest BCUT2D eigenvalue weighted by atomic mass is 32.2. The van der Waals surface area contributed by atoms with E-state index in [1.807, 2.05) is 13.0 Å². The third-order valence-electron chi connectivity index (χ3n) is 6.43. The van der Waals surface area contributed by atoms with E-state index in [4.69, 9.17) is 4.74 Å². The zero-order valence-electron chi connectivity index (χ0n) is 19.7. The Morgan fingerprint density at radius 2 is 1.62 bits per heavy atom. The molecular weight excluding hydrogens is 452 g/mol. The van der Waals surface area contributed by atoms with Gasteiger partial charge in [0.25, 0.3) is 0 Å². The molecular formula is C25H34N4O4S. The first kappa shape index (κ1) is 24.8. The highest BCUT2D eigenvalue weighted by Gasteiger charge is 2.26. The fourth-order valence-corrected chi connectivity index (χ4v) is 5.73. The van der Waals surface area contributed by atoms with Gasteiger partial charge < -0.3 is 15.4 Å². The van der Waals surface area contributed by atoms with E-state index in [2.05, 4.69) is 33.7 Å². The molecule has 2 aliphatic rings. The van der Waals surface area contributed by atoms with Crippen LogP contribution in [0.15, 0.2) is 53.4 Å². The minimum absolute atomic E-state index is 0.166. The second-order valence-corrected chi connectivity index (χ2v) is 10.8. The summed E-state index contributed by atoms with van der Waals surface area (Å²) in [6.07, 6.45) is 2.52. The van der Waals surface area contributed by atoms with Crippen molar-refractivity contribution in [3.63, 3.8) is 0 Å². The predicted octanol–water partition coefficient (Wildman–Crippen LogP) is 2.42. The third-order valence-corrected chi connectivity index (χ3v) is 8.35. The number of sulfonamides is 1. The molecule has 2 aromatic carbocycles. The molecule has 2 saturated heterocycles. The number of ether oxygens (including phenoxy) is 1. The van der Waals surface area contributed by atoms with Crippen LogP contribution in [0.25, 0.3) is 0 Å². The summed E-state index contributed by atoms with van der Waals surface area (Å²) in [5, 5.41) is 6.19. The van der Waals surface area contributed by atoms with Crippen LogP contribution in [-0.4, -0.2) is 69.0 Å². The van der Waals surface area contributed by atoms with Crippen LogP contribution in [0.3, 0.4) is 0 Å². The number of amides is 1. The number of carbonyl (C=O) groups excluding carboxylic acids is 1. The summed E-state index contributed by atoms with van der Waals surface area (Å²) in [6, 6.07) is 14.3. The third kappa shape index (κ3) is 6.22. The monoisotopic (exact) mass is 486 g/mol. The first-order valence-electron chi connectivity index (χ1n) is 11.9. The number of rotatable bonds is 9. The van der Waals surface area contributed by atoms with Gasteiger partial charge in [0.05, 0.1) is 24.2 Å². The minimum Gasteiger partial charge on any atom is -0.379 e. The number of carbonyl (C=O) groups is 1. The van der Waals surface area contributed by atoms with Crippen LogP contribution >= 0.6 is 0 Å². The van der Waals surface area contributed by atoms with E-state index in [-0.39, 0.29) is 10.8 Å². The summed E-state index contributed by atoms with van der Waals surface area (Å²) in [5.74, 6) is -0.166. The molecule has 2 aromatic rings. The molecule has 1 amide bonds. The number of benzene rings is 2. The number of nitrogens with one attached hydrogen (secondary N) is 2. The van der Waals surface area contributed by atoms with Crippen LogP contribution in [0.5, 0.6) is 0 Å². The number of anilines is 1. The van der Waals surface area contributed by atoms with E-state index in [0.29, 0.717) is 38.5 Å². The van der Waals surface area contributed by atoms with Crippen molar-refractivity contribution in [1.82, 2.24) is 14.5 Å². The van der Waals surface area contributed by atoms with Crippen molar-refractivity contribution in [2.75, 3.05) is 44.7 Å². The minimum atomic E-state index is -3.55. The molecule has 2 fully saturated rings. The molecule has 34 heavy (non-hydrogen) atoms. The van der Waals surface area contributed by atoms with Gasteiger partial charge in [-0.05, 0) is 68.2 Å². The summed E-state index contributed by atoms with van der Waals surface area (Å²) in [7, 11) is -3.55. The lowest BCUT2D eigenvalue weighted by molar-refractivity contribution is -0.117. The molecule has 1 unspecified atom stereocenters. The largest absolute Gasteiger partial charge is 0.379 e. The van der Waals surface area contributed by atoms with Crippen LogP contribution < -0.4 is 10.6 Å².